The Morgan fingerprint density at radius 1 is 1.13 bits per heavy atom. The maximum absolute atomic E-state index is 10.7. The van der Waals surface area contributed by atoms with Crippen LogP contribution in [0, 0.1) is 11.3 Å². The minimum absolute atomic E-state index is 0.285. The van der Waals surface area contributed by atoms with Crippen molar-refractivity contribution in [3.8, 4) is 11.3 Å². The number of benzene rings is 1. The van der Waals surface area contributed by atoms with E-state index in [1.807, 2.05) is 29.6 Å². The zero-order valence-electron chi connectivity index (χ0n) is 17.0. The Morgan fingerprint density at radius 3 is 2.77 bits per heavy atom. The number of aromatic nitrogens is 1. The average Bonchev–Trinajstić information content (AvgIpc) is 3.33. The maximum atomic E-state index is 10.7. The van der Waals surface area contributed by atoms with Crippen molar-refractivity contribution in [1.29, 1.82) is 5.41 Å². The van der Waals surface area contributed by atoms with Gasteiger partial charge in [-0.05, 0) is 56.8 Å². The first-order valence-electron chi connectivity index (χ1n) is 10.8. The summed E-state index contributed by atoms with van der Waals surface area (Å²) < 4.78 is 1.04. The summed E-state index contributed by atoms with van der Waals surface area (Å²) in [6, 6.07) is 8.72. The predicted molar refractivity (Wildman–Crippen MR) is 126 cm³/mol. The highest BCUT2D eigenvalue weighted by atomic mass is 79.9. The van der Waals surface area contributed by atoms with E-state index in [4.69, 9.17) is 10.4 Å². The molecule has 2 aromatic rings. The molecule has 30 heavy (non-hydrogen) atoms. The summed E-state index contributed by atoms with van der Waals surface area (Å²) >= 11 is 4.97. The number of amidine groups is 1. The van der Waals surface area contributed by atoms with Crippen LogP contribution in [0.2, 0.25) is 0 Å². The zero-order valence-corrected chi connectivity index (χ0v) is 19.4. The van der Waals surface area contributed by atoms with Gasteiger partial charge in [-0.25, -0.2) is 4.98 Å². The molecule has 2 fully saturated rings. The van der Waals surface area contributed by atoms with Gasteiger partial charge in [0.25, 0.3) is 0 Å². The Hall–Kier alpha value is -1.70. The summed E-state index contributed by atoms with van der Waals surface area (Å²) in [6.07, 6.45) is 6.40. The van der Waals surface area contributed by atoms with Crippen molar-refractivity contribution in [2.75, 3.05) is 26.2 Å². The summed E-state index contributed by atoms with van der Waals surface area (Å²) in [6.45, 7) is 3.75. The molecule has 5 rings (SSSR count). The van der Waals surface area contributed by atoms with E-state index in [2.05, 4.69) is 25.7 Å². The third-order valence-electron chi connectivity index (χ3n) is 6.72. The van der Waals surface area contributed by atoms with Crippen LogP contribution in [-0.2, 0) is 0 Å². The monoisotopic (exact) mass is 486 g/mol. The fourth-order valence-corrected chi connectivity index (χ4v) is 6.39. The lowest BCUT2D eigenvalue weighted by molar-refractivity contribution is 0.0504. The molecule has 0 saturated carbocycles. The highest BCUT2D eigenvalue weighted by Gasteiger charge is 2.37. The van der Waals surface area contributed by atoms with Gasteiger partial charge in [-0.1, -0.05) is 34.5 Å². The summed E-state index contributed by atoms with van der Waals surface area (Å²) in [5.41, 5.74) is 2.54. The van der Waals surface area contributed by atoms with Crippen molar-refractivity contribution in [1.82, 2.24) is 14.8 Å². The number of piperidine rings is 2. The molecule has 2 N–H and O–H groups in total. The molecular weight excluding hydrogens is 460 g/mol. The Labute approximate surface area is 190 Å². The molecule has 1 aromatic heterocycles. The van der Waals surface area contributed by atoms with Crippen LogP contribution < -0.4 is 0 Å². The van der Waals surface area contributed by atoms with Crippen molar-refractivity contribution in [3.05, 3.63) is 44.9 Å². The SMILES string of the molecule is N=C1C(c2nc(-c3ccc(Br)cc3)cs2)=C(O)CN1CC1CCCN2CCCCC12. The molecule has 1 aromatic carbocycles. The molecule has 3 aliphatic heterocycles. The highest BCUT2D eigenvalue weighted by molar-refractivity contribution is 9.10. The van der Waals surface area contributed by atoms with Gasteiger partial charge in [0.05, 0.1) is 17.8 Å². The zero-order chi connectivity index (χ0) is 20.7. The van der Waals surface area contributed by atoms with Crippen LogP contribution in [0.1, 0.15) is 37.1 Å². The fourth-order valence-electron chi connectivity index (χ4n) is 5.23. The molecule has 5 nitrogen and oxygen atoms in total. The molecular formula is C23H27BrN4OS. The molecule has 0 bridgehead atoms. The predicted octanol–water partition coefficient (Wildman–Crippen LogP) is 5.40. The summed E-state index contributed by atoms with van der Waals surface area (Å²) in [7, 11) is 0. The first-order valence-corrected chi connectivity index (χ1v) is 12.5. The van der Waals surface area contributed by atoms with E-state index in [0.29, 0.717) is 29.9 Å². The standard InChI is InChI=1S/C23H27BrN4OS/c24-17-8-6-15(7-9-17)18-14-30-23(26-18)21-20(29)13-28(22(21)25)12-16-4-3-11-27-10-2-1-5-19(16)27/h6-9,14,16,19,25,29H,1-5,10-13H2. The largest absolute Gasteiger partial charge is 0.510 e. The van der Waals surface area contributed by atoms with Gasteiger partial charge in [-0.3, -0.25) is 5.41 Å². The number of nitrogens with one attached hydrogen (secondary N) is 1. The normalized spacial score (nSPS) is 25.1. The molecule has 3 aliphatic rings. The smallest absolute Gasteiger partial charge is 0.135 e. The molecule has 0 amide bonds. The van der Waals surface area contributed by atoms with Crippen LogP contribution in [0.3, 0.4) is 0 Å². The minimum atomic E-state index is 0.285. The van der Waals surface area contributed by atoms with Gasteiger partial charge in [-0.2, -0.15) is 0 Å². The maximum Gasteiger partial charge on any atom is 0.135 e. The van der Waals surface area contributed by atoms with Gasteiger partial charge >= 0.3 is 0 Å². The molecule has 2 saturated heterocycles. The lowest BCUT2D eigenvalue weighted by atomic mass is 9.83. The van der Waals surface area contributed by atoms with E-state index in [0.717, 1.165) is 27.3 Å². The summed E-state index contributed by atoms with van der Waals surface area (Å²) in [5, 5.41) is 22.2. The Kier molecular flexibility index (Phi) is 5.69. The lowest BCUT2D eigenvalue weighted by Crippen LogP contribution is -2.51. The van der Waals surface area contributed by atoms with E-state index in [1.54, 1.807) is 0 Å². The number of hydrogen-bond donors (Lipinski definition) is 2. The van der Waals surface area contributed by atoms with Crippen LogP contribution >= 0.6 is 27.3 Å². The third kappa shape index (κ3) is 3.83. The van der Waals surface area contributed by atoms with Gasteiger partial charge in [0, 0.05) is 28.0 Å². The van der Waals surface area contributed by atoms with Gasteiger partial charge in [0.2, 0.25) is 0 Å². The van der Waals surface area contributed by atoms with Gasteiger partial charge in [0.1, 0.15) is 16.6 Å². The first kappa shape index (κ1) is 20.2. The summed E-state index contributed by atoms with van der Waals surface area (Å²) in [4.78, 5) is 9.48. The van der Waals surface area contributed by atoms with Crippen LogP contribution in [0.5, 0.6) is 0 Å². The van der Waals surface area contributed by atoms with Crippen molar-refractivity contribution >= 4 is 38.7 Å². The Morgan fingerprint density at radius 2 is 1.93 bits per heavy atom. The van der Waals surface area contributed by atoms with E-state index in [1.165, 1.54) is 56.5 Å². The van der Waals surface area contributed by atoms with Crippen molar-refractivity contribution in [2.24, 2.45) is 5.92 Å². The Balaban J connectivity index is 1.31. The second-order valence-electron chi connectivity index (χ2n) is 8.60. The number of hydrogen-bond acceptors (Lipinski definition) is 5. The number of nitrogens with zero attached hydrogens (tertiary/aromatic N) is 3. The number of thiazole rings is 1. The number of aliphatic hydroxyl groups excluding tert-OH is 1. The van der Waals surface area contributed by atoms with E-state index < -0.39 is 0 Å². The molecule has 2 unspecified atom stereocenters. The van der Waals surface area contributed by atoms with E-state index in [9.17, 15) is 5.11 Å². The van der Waals surface area contributed by atoms with Crippen LogP contribution in [0.4, 0.5) is 0 Å². The first-order chi connectivity index (χ1) is 14.6. The number of aliphatic hydroxyl groups is 1. The molecule has 0 radical (unpaired) electrons. The molecule has 4 heterocycles. The average molecular weight is 487 g/mol. The van der Waals surface area contributed by atoms with Crippen LogP contribution in [-0.4, -0.2) is 57.9 Å². The number of fused-ring (bicyclic) bond motifs is 1. The third-order valence-corrected chi connectivity index (χ3v) is 8.11. The quantitative estimate of drug-likeness (QED) is 0.607. The molecule has 7 heteroatoms. The molecule has 2 atom stereocenters. The van der Waals surface area contributed by atoms with Crippen molar-refractivity contribution < 1.29 is 5.11 Å². The second-order valence-corrected chi connectivity index (χ2v) is 10.4. The fraction of sp³-hybridized carbons (Fsp3) is 0.478. The molecule has 0 spiro atoms. The highest BCUT2D eigenvalue weighted by Crippen LogP contribution is 2.36. The lowest BCUT2D eigenvalue weighted by Gasteiger charge is -2.45. The Bertz CT molecular complexity index is 968. The molecule has 158 valence electrons. The van der Waals surface area contributed by atoms with Gasteiger partial charge in [-0.15, -0.1) is 11.3 Å². The van der Waals surface area contributed by atoms with Crippen LogP contribution in [0.15, 0.2) is 39.9 Å². The van der Waals surface area contributed by atoms with E-state index in [-0.39, 0.29) is 5.76 Å². The van der Waals surface area contributed by atoms with Crippen molar-refractivity contribution in [2.45, 2.75) is 38.1 Å². The summed E-state index contributed by atoms with van der Waals surface area (Å²) in [5.74, 6) is 1.30. The topological polar surface area (TPSA) is 63.5 Å². The number of halogens is 1. The molecule has 0 aliphatic carbocycles. The minimum Gasteiger partial charge on any atom is -0.510 e. The van der Waals surface area contributed by atoms with Crippen molar-refractivity contribution in [3.63, 3.8) is 0 Å². The van der Waals surface area contributed by atoms with E-state index >= 15 is 0 Å². The van der Waals surface area contributed by atoms with Crippen LogP contribution in [0.25, 0.3) is 16.8 Å². The van der Waals surface area contributed by atoms with Gasteiger partial charge < -0.3 is 14.9 Å². The second kappa shape index (κ2) is 8.44. The number of rotatable bonds is 4. The van der Waals surface area contributed by atoms with Gasteiger partial charge in [0.15, 0.2) is 0 Å².